The topological polar surface area (TPSA) is 89.6 Å². The van der Waals surface area contributed by atoms with Gasteiger partial charge in [-0.1, -0.05) is 35.1 Å². The van der Waals surface area contributed by atoms with Crippen molar-refractivity contribution in [1.82, 2.24) is 4.98 Å². The van der Waals surface area contributed by atoms with Crippen molar-refractivity contribution < 1.29 is 19.1 Å². The van der Waals surface area contributed by atoms with Crippen molar-refractivity contribution in [2.24, 2.45) is 0 Å². The minimum atomic E-state index is -0.514. The Morgan fingerprint density at radius 3 is 3.04 bits per heavy atom. The van der Waals surface area contributed by atoms with E-state index in [0.29, 0.717) is 24.0 Å². The van der Waals surface area contributed by atoms with Crippen LogP contribution in [-0.4, -0.2) is 36.7 Å². The lowest BCUT2D eigenvalue weighted by molar-refractivity contribution is -0.124. The number of nitrogens with one attached hydrogen (secondary N) is 2. The smallest absolute Gasteiger partial charge is 0.351 e. The van der Waals surface area contributed by atoms with E-state index < -0.39 is 5.97 Å². The molecular formula is C17H18ClN3O4S. The fraction of sp³-hybridized carbons (Fsp3) is 0.353. The number of benzene rings is 1. The first kappa shape index (κ1) is 18.6. The molecule has 138 valence electrons. The highest BCUT2D eigenvalue weighted by atomic mass is 35.5. The van der Waals surface area contributed by atoms with E-state index in [-0.39, 0.29) is 22.0 Å². The Morgan fingerprint density at radius 1 is 1.46 bits per heavy atom. The zero-order valence-corrected chi connectivity index (χ0v) is 15.7. The molecule has 2 aromatic rings. The molecule has 0 aliphatic carbocycles. The van der Waals surface area contributed by atoms with E-state index in [1.165, 1.54) is 7.11 Å². The van der Waals surface area contributed by atoms with Gasteiger partial charge in [-0.25, -0.2) is 9.78 Å². The van der Waals surface area contributed by atoms with Crippen LogP contribution in [0.15, 0.2) is 24.3 Å². The normalized spacial score (nSPS) is 16.3. The fourth-order valence-electron chi connectivity index (χ4n) is 2.54. The second kappa shape index (κ2) is 8.48. The van der Waals surface area contributed by atoms with Crippen molar-refractivity contribution in [2.45, 2.75) is 25.5 Å². The molecule has 0 unspecified atom stereocenters. The van der Waals surface area contributed by atoms with Crippen LogP contribution in [0.25, 0.3) is 0 Å². The molecule has 0 saturated carbocycles. The molecule has 2 N–H and O–H groups in total. The lowest BCUT2D eigenvalue weighted by Gasteiger charge is -2.11. The molecule has 3 rings (SSSR count). The van der Waals surface area contributed by atoms with Gasteiger partial charge < -0.3 is 20.1 Å². The number of thiazole rings is 1. The standard InChI is InChI=1S/C17H18ClN3O4S/c1-24-16(23)13-14(18)21-17(26-13)19-9-10-4-2-5-11(8-10)20-15(22)12-6-3-7-25-12/h2,4-5,8,12H,3,6-7,9H2,1H3,(H,19,21)(H,20,22)/t12-/m1/s1. The molecule has 0 spiro atoms. The summed E-state index contributed by atoms with van der Waals surface area (Å²) in [6, 6.07) is 7.48. The van der Waals surface area contributed by atoms with Crippen molar-refractivity contribution in [3.63, 3.8) is 0 Å². The molecule has 26 heavy (non-hydrogen) atoms. The minimum absolute atomic E-state index is 0.113. The number of carbonyl (C=O) groups is 2. The Labute approximate surface area is 159 Å². The lowest BCUT2D eigenvalue weighted by atomic mass is 10.2. The number of amides is 1. The Balaban J connectivity index is 1.60. The van der Waals surface area contributed by atoms with Gasteiger partial charge in [0.25, 0.3) is 5.91 Å². The van der Waals surface area contributed by atoms with Crippen molar-refractivity contribution in [3.05, 3.63) is 39.9 Å². The number of esters is 1. The monoisotopic (exact) mass is 395 g/mol. The molecular weight excluding hydrogens is 378 g/mol. The summed E-state index contributed by atoms with van der Waals surface area (Å²) in [5.41, 5.74) is 1.65. The van der Waals surface area contributed by atoms with Gasteiger partial charge in [0.2, 0.25) is 0 Å². The van der Waals surface area contributed by atoms with Crippen LogP contribution in [0.4, 0.5) is 10.8 Å². The summed E-state index contributed by atoms with van der Waals surface area (Å²) in [7, 11) is 1.29. The molecule has 0 radical (unpaired) electrons. The predicted octanol–water partition coefficient (Wildman–Crippen LogP) is 3.31. The first-order valence-electron chi connectivity index (χ1n) is 8.06. The molecule has 2 heterocycles. The third-order valence-corrected chi connectivity index (χ3v) is 5.20. The van der Waals surface area contributed by atoms with E-state index in [1.807, 2.05) is 24.3 Å². The zero-order chi connectivity index (χ0) is 18.5. The molecule has 1 fully saturated rings. The minimum Gasteiger partial charge on any atom is -0.465 e. The second-order valence-corrected chi connectivity index (χ2v) is 7.03. The first-order valence-corrected chi connectivity index (χ1v) is 9.26. The number of ether oxygens (including phenoxy) is 2. The highest BCUT2D eigenvalue weighted by Gasteiger charge is 2.23. The number of anilines is 2. The van der Waals surface area contributed by atoms with E-state index in [9.17, 15) is 9.59 Å². The lowest BCUT2D eigenvalue weighted by Crippen LogP contribution is -2.26. The predicted molar refractivity (Wildman–Crippen MR) is 99.8 cm³/mol. The van der Waals surface area contributed by atoms with Crippen molar-refractivity contribution >= 4 is 45.6 Å². The molecule has 1 aromatic carbocycles. The zero-order valence-electron chi connectivity index (χ0n) is 14.1. The Kier molecular flexibility index (Phi) is 6.08. The van der Waals surface area contributed by atoms with Gasteiger partial charge in [-0.3, -0.25) is 4.79 Å². The highest BCUT2D eigenvalue weighted by molar-refractivity contribution is 7.18. The van der Waals surface area contributed by atoms with E-state index in [1.54, 1.807) is 0 Å². The maximum Gasteiger partial charge on any atom is 0.351 e. The van der Waals surface area contributed by atoms with Crippen molar-refractivity contribution in [3.8, 4) is 0 Å². The maximum absolute atomic E-state index is 12.1. The summed E-state index contributed by atoms with van der Waals surface area (Å²) in [5, 5.41) is 6.62. The summed E-state index contributed by atoms with van der Waals surface area (Å²) in [4.78, 5) is 28.0. The largest absolute Gasteiger partial charge is 0.465 e. The fourth-order valence-corrected chi connectivity index (χ4v) is 3.64. The summed E-state index contributed by atoms with van der Waals surface area (Å²) in [5.74, 6) is -0.638. The van der Waals surface area contributed by atoms with Crippen LogP contribution >= 0.6 is 22.9 Å². The van der Waals surface area contributed by atoms with Gasteiger partial charge in [-0.15, -0.1) is 0 Å². The van der Waals surface area contributed by atoms with Crippen molar-refractivity contribution in [2.75, 3.05) is 24.4 Å². The summed E-state index contributed by atoms with van der Waals surface area (Å²) in [6.45, 7) is 1.10. The first-order chi connectivity index (χ1) is 12.6. The van der Waals surface area contributed by atoms with Crippen LogP contribution in [0, 0.1) is 0 Å². The second-order valence-electron chi connectivity index (χ2n) is 5.68. The SMILES string of the molecule is COC(=O)c1sc(NCc2cccc(NC(=O)[C@H]3CCCO3)c2)nc1Cl. The molecule has 1 aliphatic heterocycles. The Morgan fingerprint density at radius 2 is 2.31 bits per heavy atom. The summed E-state index contributed by atoms with van der Waals surface area (Å²) >= 11 is 7.07. The van der Waals surface area contributed by atoms with E-state index in [0.717, 1.165) is 29.7 Å². The number of halogens is 1. The van der Waals surface area contributed by atoms with Crippen LogP contribution in [0.3, 0.4) is 0 Å². The van der Waals surface area contributed by atoms with Gasteiger partial charge in [0.05, 0.1) is 7.11 Å². The highest BCUT2D eigenvalue weighted by Crippen LogP contribution is 2.28. The molecule has 1 atom stereocenters. The summed E-state index contributed by atoms with van der Waals surface area (Å²) < 4.78 is 10.0. The number of methoxy groups -OCH3 is 1. The molecule has 1 amide bonds. The van der Waals surface area contributed by atoms with Crippen LogP contribution in [0.5, 0.6) is 0 Å². The van der Waals surface area contributed by atoms with E-state index in [4.69, 9.17) is 16.3 Å². The third-order valence-electron chi connectivity index (χ3n) is 3.82. The molecule has 9 heteroatoms. The van der Waals surface area contributed by atoms with E-state index in [2.05, 4.69) is 20.4 Å². The third kappa shape index (κ3) is 4.51. The number of hydrogen-bond donors (Lipinski definition) is 2. The van der Waals surface area contributed by atoms with Gasteiger partial charge in [0.15, 0.2) is 15.2 Å². The molecule has 1 aromatic heterocycles. The van der Waals surface area contributed by atoms with E-state index >= 15 is 0 Å². The maximum atomic E-state index is 12.1. The number of hydrogen-bond acceptors (Lipinski definition) is 7. The van der Waals surface area contributed by atoms with Crippen LogP contribution in [-0.2, 0) is 20.8 Å². The van der Waals surface area contributed by atoms with Crippen LogP contribution in [0.1, 0.15) is 28.1 Å². The molecule has 1 aliphatic rings. The van der Waals surface area contributed by atoms with Gasteiger partial charge in [0.1, 0.15) is 6.10 Å². The van der Waals surface area contributed by atoms with Crippen LogP contribution in [0.2, 0.25) is 5.15 Å². The number of nitrogens with zero attached hydrogens (tertiary/aromatic N) is 1. The molecule has 7 nitrogen and oxygen atoms in total. The van der Waals surface area contributed by atoms with Gasteiger partial charge in [-0.05, 0) is 30.5 Å². The molecule has 1 saturated heterocycles. The van der Waals surface area contributed by atoms with Crippen molar-refractivity contribution in [1.29, 1.82) is 0 Å². The number of carbonyl (C=O) groups excluding carboxylic acids is 2. The average Bonchev–Trinajstić information content (AvgIpc) is 3.29. The quantitative estimate of drug-likeness (QED) is 0.729. The Hall–Kier alpha value is -2.16. The van der Waals surface area contributed by atoms with Gasteiger partial charge >= 0.3 is 5.97 Å². The molecule has 0 bridgehead atoms. The summed E-state index contributed by atoms with van der Waals surface area (Å²) in [6.07, 6.45) is 1.29. The number of aromatic nitrogens is 1. The average molecular weight is 396 g/mol. The number of rotatable bonds is 6. The van der Waals surface area contributed by atoms with Gasteiger partial charge in [-0.2, -0.15) is 0 Å². The van der Waals surface area contributed by atoms with Gasteiger partial charge in [0, 0.05) is 18.8 Å². The Bertz CT molecular complexity index is 805. The van der Waals surface area contributed by atoms with Crippen LogP contribution < -0.4 is 10.6 Å².